The predicted octanol–water partition coefficient (Wildman–Crippen LogP) is 4.59. The van der Waals surface area contributed by atoms with Crippen molar-refractivity contribution >= 4 is 11.5 Å². The molecule has 3 aromatic rings. The number of ether oxygens (including phenoxy) is 2. The van der Waals surface area contributed by atoms with Gasteiger partial charge in [-0.15, -0.1) is 0 Å². The Morgan fingerprint density at radius 3 is 2.48 bits per heavy atom. The zero-order valence-electron chi connectivity index (χ0n) is 14.4. The standard InChI is InChI=1S/C18H15F3N4O2.H2/c1-10-22-9-14(19)16(24-10)25-15-7-12(8-23-17(15)26-2)11-3-5-13(6-4-11)27-18(20)21;/h3-9,18H,1-2H3,(H,22,24,25);1H. The van der Waals surface area contributed by atoms with Crippen LogP contribution in [-0.2, 0) is 0 Å². The summed E-state index contributed by atoms with van der Waals surface area (Å²) in [6.45, 7) is -1.25. The van der Waals surface area contributed by atoms with Crippen molar-refractivity contribution in [3.63, 3.8) is 0 Å². The Kier molecular flexibility index (Phi) is 5.39. The Morgan fingerprint density at radius 2 is 1.81 bits per heavy atom. The van der Waals surface area contributed by atoms with E-state index in [2.05, 4.69) is 25.0 Å². The summed E-state index contributed by atoms with van der Waals surface area (Å²) in [5.74, 6) is 0.0535. The summed E-state index contributed by atoms with van der Waals surface area (Å²) in [7, 11) is 1.44. The zero-order valence-corrected chi connectivity index (χ0v) is 14.4. The molecule has 0 saturated heterocycles. The fraction of sp³-hybridized carbons (Fsp3) is 0.167. The van der Waals surface area contributed by atoms with Crippen LogP contribution in [0.2, 0.25) is 0 Å². The Balaban J connectivity index is 0.00000280. The highest BCUT2D eigenvalue weighted by Crippen LogP contribution is 2.31. The van der Waals surface area contributed by atoms with Crippen LogP contribution in [0.15, 0.2) is 42.7 Å². The highest BCUT2D eigenvalue weighted by atomic mass is 19.3. The molecule has 3 rings (SSSR count). The SMILES string of the molecule is COc1ncc(-c2ccc(OC(F)F)cc2)cc1Nc1nc(C)ncc1F.[HH]. The lowest BCUT2D eigenvalue weighted by Crippen LogP contribution is -2.03. The lowest BCUT2D eigenvalue weighted by Gasteiger charge is -2.12. The fourth-order valence-electron chi connectivity index (χ4n) is 2.36. The van der Waals surface area contributed by atoms with Gasteiger partial charge in [-0.3, -0.25) is 0 Å². The second-order valence-electron chi connectivity index (χ2n) is 5.42. The van der Waals surface area contributed by atoms with Gasteiger partial charge in [0.05, 0.1) is 13.3 Å². The van der Waals surface area contributed by atoms with Crippen LogP contribution in [0.3, 0.4) is 0 Å². The minimum atomic E-state index is -2.89. The predicted molar refractivity (Wildman–Crippen MR) is 95.0 cm³/mol. The molecule has 0 fully saturated rings. The molecule has 142 valence electrons. The summed E-state index contributed by atoms with van der Waals surface area (Å²) in [5, 5.41) is 2.84. The van der Waals surface area contributed by atoms with E-state index >= 15 is 0 Å². The van der Waals surface area contributed by atoms with Crippen molar-refractivity contribution in [1.82, 2.24) is 15.0 Å². The van der Waals surface area contributed by atoms with Crippen LogP contribution >= 0.6 is 0 Å². The van der Waals surface area contributed by atoms with Crippen molar-refractivity contribution in [1.29, 1.82) is 0 Å². The first-order chi connectivity index (χ1) is 13.0. The van der Waals surface area contributed by atoms with Crippen LogP contribution in [0.1, 0.15) is 7.25 Å². The number of nitrogens with one attached hydrogen (secondary N) is 1. The number of halogens is 3. The highest BCUT2D eigenvalue weighted by Gasteiger charge is 2.12. The third-order valence-electron chi connectivity index (χ3n) is 3.57. The van der Waals surface area contributed by atoms with Gasteiger partial charge in [0.25, 0.3) is 0 Å². The molecule has 0 bridgehead atoms. The van der Waals surface area contributed by atoms with Gasteiger partial charge in [0.15, 0.2) is 11.6 Å². The van der Waals surface area contributed by atoms with Crippen LogP contribution < -0.4 is 14.8 Å². The third kappa shape index (κ3) is 4.43. The molecule has 0 aliphatic carbocycles. The number of aryl methyl sites for hydroxylation is 1. The van der Waals surface area contributed by atoms with Gasteiger partial charge in [-0.05, 0) is 30.7 Å². The van der Waals surface area contributed by atoms with Gasteiger partial charge >= 0.3 is 6.61 Å². The number of aromatic nitrogens is 3. The molecule has 6 nitrogen and oxygen atoms in total. The number of alkyl halides is 2. The van der Waals surface area contributed by atoms with Crippen LogP contribution in [-0.4, -0.2) is 28.7 Å². The molecule has 0 atom stereocenters. The van der Waals surface area contributed by atoms with E-state index in [1.807, 2.05) is 0 Å². The Labute approximate surface area is 154 Å². The molecule has 0 radical (unpaired) electrons. The Morgan fingerprint density at radius 1 is 1.07 bits per heavy atom. The largest absolute Gasteiger partial charge is 0.480 e. The highest BCUT2D eigenvalue weighted by molar-refractivity contribution is 5.72. The van der Waals surface area contributed by atoms with E-state index in [1.54, 1.807) is 31.3 Å². The van der Waals surface area contributed by atoms with E-state index in [0.29, 0.717) is 22.6 Å². The average Bonchev–Trinajstić information content (AvgIpc) is 2.65. The minimum absolute atomic E-state index is 0. The molecule has 0 aliphatic heterocycles. The second-order valence-corrected chi connectivity index (χ2v) is 5.42. The molecule has 0 aliphatic rings. The summed E-state index contributed by atoms with van der Waals surface area (Å²) >= 11 is 0. The number of hydrogen-bond donors (Lipinski definition) is 1. The quantitative estimate of drug-likeness (QED) is 0.677. The molecule has 0 spiro atoms. The number of rotatable bonds is 6. The van der Waals surface area contributed by atoms with Gasteiger partial charge < -0.3 is 14.8 Å². The second kappa shape index (κ2) is 7.90. The molecule has 0 unspecified atom stereocenters. The molecule has 9 heteroatoms. The smallest absolute Gasteiger partial charge is 0.387 e. The lowest BCUT2D eigenvalue weighted by atomic mass is 10.1. The number of hydrogen-bond acceptors (Lipinski definition) is 6. The third-order valence-corrected chi connectivity index (χ3v) is 3.57. The maximum absolute atomic E-state index is 13.9. The normalized spacial score (nSPS) is 10.7. The summed E-state index contributed by atoms with van der Waals surface area (Å²) in [4.78, 5) is 12.0. The van der Waals surface area contributed by atoms with Crippen molar-refractivity contribution in [2.45, 2.75) is 13.5 Å². The van der Waals surface area contributed by atoms with Gasteiger partial charge in [0.1, 0.15) is 17.3 Å². The molecular weight excluding hydrogens is 361 g/mol. The number of benzene rings is 1. The number of nitrogens with zero attached hydrogens (tertiary/aromatic N) is 3. The van der Waals surface area contributed by atoms with Crippen molar-refractivity contribution < 1.29 is 24.1 Å². The first kappa shape index (κ1) is 18.4. The lowest BCUT2D eigenvalue weighted by molar-refractivity contribution is -0.0498. The van der Waals surface area contributed by atoms with Crippen LogP contribution in [0.5, 0.6) is 11.6 Å². The van der Waals surface area contributed by atoms with Crippen LogP contribution in [0.4, 0.5) is 24.7 Å². The Bertz CT molecular complexity index is 943. The molecule has 0 saturated carbocycles. The van der Waals surface area contributed by atoms with Crippen molar-refractivity contribution in [2.75, 3.05) is 12.4 Å². The number of anilines is 2. The number of pyridine rings is 1. The summed E-state index contributed by atoms with van der Waals surface area (Å²) < 4.78 is 48.0. The van der Waals surface area contributed by atoms with Gasteiger partial charge in [0.2, 0.25) is 5.88 Å². The molecular formula is C18H17F3N4O2. The monoisotopic (exact) mass is 378 g/mol. The first-order valence-electron chi connectivity index (χ1n) is 7.81. The minimum Gasteiger partial charge on any atom is -0.480 e. The van der Waals surface area contributed by atoms with E-state index in [1.165, 1.54) is 19.2 Å². The fourth-order valence-corrected chi connectivity index (χ4v) is 2.36. The van der Waals surface area contributed by atoms with Crippen LogP contribution in [0.25, 0.3) is 11.1 Å². The van der Waals surface area contributed by atoms with E-state index in [0.717, 1.165) is 6.20 Å². The maximum Gasteiger partial charge on any atom is 0.387 e. The van der Waals surface area contributed by atoms with Crippen molar-refractivity contribution in [3.8, 4) is 22.8 Å². The topological polar surface area (TPSA) is 69.2 Å². The van der Waals surface area contributed by atoms with Crippen molar-refractivity contribution in [3.05, 3.63) is 54.4 Å². The maximum atomic E-state index is 13.9. The molecule has 27 heavy (non-hydrogen) atoms. The first-order valence-corrected chi connectivity index (χ1v) is 7.81. The van der Waals surface area contributed by atoms with E-state index in [4.69, 9.17) is 4.74 Å². The Hall–Kier alpha value is -3.36. The average molecular weight is 378 g/mol. The van der Waals surface area contributed by atoms with E-state index < -0.39 is 12.4 Å². The molecule has 2 heterocycles. The van der Waals surface area contributed by atoms with Gasteiger partial charge in [0, 0.05) is 13.2 Å². The molecule has 1 N–H and O–H groups in total. The van der Waals surface area contributed by atoms with E-state index in [9.17, 15) is 13.2 Å². The van der Waals surface area contributed by atoms with Gasteiger partial charge in [-0.2, -0.15) is 8.78 Å². The van der Waals surface area contributed by atoms with Gasteiger partial charge in [-0.25, -0.2) is 19.3 Å². The molecule has 1 aromatic carbocycles. The summed E-state index contributed by atoms with van der Waals surface area (Å²) in [6, 6.07) is 7.76. The van der Waals surface area contributed by atoms with Crippen LogP contribution in [0, 0.1) is 12.7 Å². The zero-order chi connectivity index (χ0) is 19.4. The van der Waals surface area contributed by atoms with Gasteiger partial charge in [-0.1, -0.05) is 12.1 Å². The van der Waals surface area contributed by atoms with Crippen molar-refractivity contribution in [2.24, 2.45) is 0 Å². The summed E-state index contributed by atoms with van der Waals surface area (Å²) in [5.41, 5.74) is 1.75. The summed E-state index contributed by atoms with van der Waals surface area (Å²) in [6.07, 6.45) is 2.62. The number of methoxy groups -OCH3 is 1. The molecule has 2 aromatic heterocycles. The molecule has 0 amide bonds. The van der Waals surface area contributed by atoms with E-state index in [-0.39, 0.29) is 18.9 Å².